The van der Waals surface area contributed by atoms with Gasteiger partial charge in [0.25, 0.3) is 0 Å². The molecule has 0 aliphatic rings. The van der Waals surface area contributed by atoms with Gasteiger partial charge >= 0.3 is 6.09 Å². The van der Waals surface area contributed by atoms with E-state index in [0.29, 0.717) is 5.82 Å². The highest BCUT2D eigenvalue weighted by Crippen LogP contribution is 2.18. The van der Waals surface area contributed by atoms with Crippen molar-refractivity contribution in [3.05, 3.63) is 30.9 Å². The number of hydrogen-bond donors (Lipinski definition) is 2. The number of hydrogen-bond acceptors (Lipinski definition) is 4. The summed E-state index contributed by atoms with van der Waals surface area (Å²) < 4.78 is 5.16. The number of anilines is 1. The van der Waals surface area contributed by atoms with Crippen LogP contribution in [0.15, 0.2) is 30.9 Å². The molecular formula is C13H16N4O2. The smallest absolute Gasteiger partial charge is 0.413 e. The molecule has 19 heavy (non-hydrogen) atoms. The lowest BCUT2D eigenvalue weighted by Gasteiger charge is -2.19. The van der Waals surface area contributed by atoms with Crippen molar-refractivity contribution in [3.63, 3.8) is 0 Å². The second-order valence-electron chi connectivity index (χ2n) is 5.02. The Morgan fingerprint density at radius 2 is 2.21 bits per heavy atom. The largest absolute Gasteiger partial charge is 0.444 e. The Morgan fingerprint density at radius 3 is 2.84 bits per heavy atom. The van der Waals surface area contributed by atoms with Crippen LogP contribution in [0.4, 0.5) is 10.6 Å². The fourth-order valence-corrected chi connectivity index (χ4v) is 1.49. The van der Waals surface area contributed by atoms with Gasteiger partial charge < -0.3 is 9.72 Å². The fraction of sp³-hybridized carbons (Fsp3) is 0.308. The third-order valence-corrected chi connectivity index (χ3v) is 2.20. The average Bonchev–Trinajstić information content (AvgIpc) is 2.79. The van der Waals surface area contributed by atoms with E-state index in [4.69, 9.17) is 4.74 Å². The summed E-state index contributed by atoms with van der Waals surface area (Å²) in [6, 6.07) is 3.57. The van der Waals surface area contributed by atoms with Gasteiger partial charge in [0.15, 0.2) is 0 Å². The molecule has 0 bridgehead atoms. The van der Waals surface area contributed by atoms with Gasteiger partial charge in [-0.15, -0.1) is 0 Å². The number of imidazole rings is 1. The van der Waals surface area contributed by atoms with Crippen LogP contribution in [0.2, 0.25) is 0 Å². The average molecular weight is 260 g/mol. The predicted molar refractivity (Wildman–Crippen MR) is 71.7 cm³/mol. The molecule has 0 radical (unpaired) electrons. The standard InChI is InChI=1S/C13H16N4O2/c1-13(2,3)19-12(18)17-11-6-9(4-5-15-11)10-7-14-8-16-10/h4-8H,1-3H3,(H,14,16)(H,15,17,18). The molecule has 2 aromatic rings. The Hall–Kier alpha value is -2.37. The van der Waals surface area contributed by atoms with Gasteiger partial charge in [-0.2, -0.15) is 0 Å². The molecule has 0 spiro atoms. The van der Waals surface area contributed by atoms with Crippen LogP contribution >= 0.6 is 0 Å². The van der Waals surface area contributed by atoms with Crippen molar-refractivity contribution < 1.29 is 9.53 Å². The van der Waals surface area contributed by atoms with Gasteiger partial charge in [-0.25, -0.2) is 14.8 Å². The number of pyridine rings is 1. The molecule has 0 aliphatic carbocycles. The van der Waals surface area contributed by atoms with Crippen molar-refractivity contribution in [1.29, 1.82) is 0 Å². The van der Waals surface area contributed by atoms with Gasteiger partial charge in [0, 0.05) is 11.8 Å². The van der Waals surface area contributed by atoms with Crippen molar-refractivity contribution in [1.82, 2.24) is 15.0 Å². The van der Waals surface area contributed by atoms with E-state index < -0.39 is 11.7 Å². The number of H-pyrrole nitrogens is 1. The van der Waals surface area contributed by atoms with Crippen LogP contribution in [0.3, 0.4) is 0 Å². The summed E-state index contributed by atoms with van der Waals surface area (Å²) >= 11 is 0. The summed E-state index contributed by atoms with van der Waals surface area (Å²) in [7, 11) is 0. The van der Waals surface area contributed by atoms with E-state index in [9.17, 15) is 4.79 Å². The number of carbonyl (C=O) groups excluding carboxylic acids is 1. The molecule has 0 aromatic carbocycles. The Morgan fingerprint density at radius 1 is 1.42 bits per heavy atom. The summed E-state index contributed by atoms with van der Waals surface area (Å²) in [5.41, 5.74) is 1.21. The molecule has 0 saturated heterocycles. The molecule has 2 N–H and O–H groups in total. The van der Waals surface area contributed by atoms with E-state index >= 15 is 0 Å². The zero-order valence-corrected chi connectivity index (χ0v) is 11.1. The molecule has 2 heterocycles. The maximum Gasteiger partial charge on any atom is 0.413 e. The lowest BCUT2D eigenvalue weighted by molar-refractivity contribution is 0.0635. The molecule has 0 aliphatic heterocycles. The van der Waals surface area contributed by atoms with Crippen LogP contribution < -0.4 is 5.32 Å². The summed E-state index contributed by atoms with van der Waals surface area (Å²) in [4.78, 5) is 22.6. The van der Waals surface area contributed by atoms with Gasteiger partial charge in [-0.1, -0.05) is 0 Å². The highest BCUT2D eigenvalue weighted by Gasteiger charge is 2.16. The van der Waals surface area contributed by atoms with E-state index in [1.165, 1.54) is 0 Å². The zero-order valence-electron chi connectivity index (χ0n) is 11.1. The molecule has 2 aromatic heterocycles. The van der Waals surface area contributed by atoms with Crippen molar-refractivity contribution in [3.8, 4) is 11.3 Å². The van der Waals surface area contributed by atoms with Gasteiger partial charge in [-0.05, 0) is 32.9 Å². The highest BCUT2D eigenvalue weighted by molar-refractivity contribution is 5.84. The molecule has 0 unspecified atom stereocenters. The molecule has 0 fully saturated rings. The van der Waals surface area contributed by atoms with E-state index in [-0.39, 0.29) is 0 Å². The Labute approximate surface area is 111 Å². The minimum absolute atomic E-state index is 0.432. The number of amides is 1. The molecule has 6 nitrogen and oxygen atoms in total. The third-order valence-electron chi connectivity index (χ3n) is 2.20. The number of nitrogens with one attached hydrogen (secondary N) is 2. The molecular weight excluding hydrogens is 244 g/mol. The van der Waals surface area contributed by atoms with Crippen LogP contribution in [0.1, 0.15) is 20.8 Å². The quantitative estimate of drug-likeness (QED) is 0.870. The number of carbonyl (C=O) groups is 1. The normalized spacial score (nSPS) is 11.1. The zero-order chi connectivity index (χ0) is 13.9. The molecule has 1 amide bonds. The second-order valence-corrected chi connectivity index (χ2v) is 5.02. The van der Waals surface area contributed by atoms with E-state index in [1.807, 2.05) is 6.07 Å². The maximum absolute atomic E-state index is 11.6. The highest BCUT2D eigenvalue weighted by atomic mass is 16.6. The first-order chi connectivity index (χ1) is 8.94. The maximum atomic E-state index is 11.6. The summed E-state index contributed by atoms with van der Waals surface area (Å²) in [6.45, 7) is 5.42. The van der Waals surface area contributed by atoms with Crippen LogP contribution in [0.5, 0.6) is 0 Å². The van der Waals surface area contributed by atoms with Gasteiger partial charge in [0.1, 0.15) is 11.4 Å². The van der Waals surface area contributed by atoms with Crippen molar-refractivity contribution in [2.75, 3.05) is 5.32 Å². The monoisotopic (exact) mass is 260 g/mol. The van der Waals surface area contributed by atoms with E-state index in [2.05, 4.69) is 20.3 Å². The Bertz CT molecular complexity index is 558. The van der Waals surface area contributed by atoms with E-state index in [0.717, 1.165) is 11.3 Å². The number of rotatable bonds is 2. The van der Waals surface area contributed by atoms with Crippen LogP contribution in [0, 0.1) is 0 Å². The SMILES string of the molecule is CC(C)(C)OC(=O)Nc1cc(-c2cnc[nH]2)ccn1. The molecule has 0 saturated carbocycles. The molecule has 0 atom stereocenters. The first-order valence-electron chi connectivity index (χ1n) is 5.89. The van der Waals surface area contributed by atoms with Gasteiger partial charge in [0.05, 0.1) is 18.2 Å². The summed E-state index contributed by atoms with van der Waals surface area (Å²) in [5, 5.41) is 2.59. The van der Waals surface area contributed by atoms with E-state index in [1.54, 1.807) is 45.6 Å². The molecule has 6 heteroatoms. The van der Waals surface area contributed by atoms with Gasteiger partial charge in [-0.3, -0.25) is 5.32 Å². The van der Waals surface area contributed by atoms with Gasteiger partial charge in [0.2, 0.25) is 0 Å². The Balaban J connectivity index is 2.10. The van der Waals surface area contributed by atoms with Crippen molar-refractivity contribution in [2.45, 2.75) is 26.4 Å². The number of ether oxygens (including phenoxy) is 1. The van der Waals surface area contributed by atoms with Crippen LogP contribution in [0.25, 0.3) is 11.3 Å². The van der Waals surface area contributed by atoms with Crippen LogP contribution in [-0.2, 0) is 4.74 Å². The second kappa shape index (κ2) is 5.09. The van der Waals surface area contributed by atoms with Crippen molar-refractivity contribution in [2.24, 2.45) is 0 Å². The molecule has 100 valence electrons. The van der Waals surface area contributed by atoms with Crippen LogP contribution in [-0.4, -0.2) is 26.6 Å². The first-order valence-corrected chi connectivity index (χ1v) is 5.89. The Kier molecular flexibility index (Phi) is 3.50. The predicted octanol–water partition coefficient (Wildman–Crippen LogP) is 2.82. The summed E-state index contributed by atoms with van der Waals surface area (Å²) in [5.74, 6) is 0.432. The fourth-order valence-electron chi connectivity index (χ4n) is 1.49. The van der Waals surface area contributed by atoms with Crippen molar-refractivity contribution >= 4 is 11.9 Å². The minimum Gasteiger partial charge on any atom is -0.444 e. The number of aromatic amines is 1. The summed E-state index contributed by atoms with van der Waals surface area (Å²) in [6.07, 6.45) is 4.38. The topological polar surface area (TPSA) is 79.9 Å². The lowest BCUT2D eigenvalue weighted by atomic mass is 10.2. The number of nitrogens with zero attached hydrogens (tertiary/aromatic N) is 2. The molecule has 2 rings (SSSR count). The first kappa shape index (κ1) is 13.1. The third kappa shape index (κ3) is 3.80. The number of aromatic nitrogens is 3. The minimum atomic E-state index is -0.537. The lowest BCUT2D eigenvalue weighted by Crippen LogP contribution is -2.27.